The van der Waals surface area contributed by atoms with E-state index in [1.165, 1.54) is 30.3 Å². The molecule has 4 N–H and O–H groups in total. The number of carbonyl (C=O) groups excluding carboxylic acids is 2. The fraction of sp³-hybridized carbons (Fsp3) is 0.318. The smallest absolute Gasteiger partial charge is 0.280 e. The molecule has 10 heteroatoms. The molecule has 0 radical (unpaired) electrons. The normalized spacial score (nSPS) is 14.8. The number of aryl methyl sites for hydroxylation is 1. The molecule has 1 fully saturated rings. The van der Waals surface area contributed by atoms with Crippen molar-refractivity contribution in [3.63, 3.8) is 0 Å². The Morgan fingerprint density at radius 2 is 1.69 bits per heavy atom. The Bertz CT molecular complexity index is 1180. The Hall–Kier alpha value is -3.27. The van der Waals surface area contributed by atoms with Gasteiger partial charge in [-0.1, -0.05) is 6.07 Å². The third kappa shape index (κ3) is 5.13. The average molecular weight is 461 g/mol. The van der Waals surface area contributed by atoms with Gasteiger partial charge in [0.05, 0.1) is 4.90 Å². The molecule has 0 bridgehead atoms. The van der Waals surface area contributed by atoms with E-state index >= 15 is 0 Å². The van der Waals surface area contributed by atoms with Crippen LogP contribution in [0.15, 0.2) is 46.3 Å². The van der Waals surface area contributed by atoms with E-state index < -0.39 is 27.5 Å². The number of likely N-dealkylation sites (tertiary alicyclic amines) is 1. The third-order valence-corrected chi connectivity index (χ3v) is 6.68. The van der Waals surface area contributed by atoms with Crippen molar-refractivity contribution in [3.8, 4) is 0 Å². The number of benzene rings is 2. The summed E-state index contributed by atoms with van der Waals surface area (Å²) < 4.78 is 38.1. The van der Waals surface area contributed by atoms with Crippen LogP contribution >= 0.6 is 0 Å². The standard InChI is InChI=1S/C22H25FN4O4S/c1-13-11-18(19(32(2,30)31)12-17(13)20(28)26-22(24)25)14-7-9-27(10-8-14)21(29)15-3-5-16(23)6-4-15/h3-6,11-12,14H,7-10H2,1-2H3,(H4,24,25,26,28). The number of guanidine groups is 1. The molecule has 3 rings (SSSR count). The Balaban J connectivity index is 1.86. The van der Waals surface area contributed by atoms with Crippen LogP contribution in [-0.2, 0) is 9.84 Å². The van der Waals surface area contributed by atoms with Crippen LogP contribution in [0, 0.1) is 12.7 Å². The number of aliphatic imine (C=N–C) groups is 1. The summed E-state index contributed by atoms with van der Waals surface area (Å²) in [7, 11) is -3.64. The first kappa shape index (κ1) is 23.4. The Kier molecular flexibility index (Phi) is 6.63. The van der Waals surface area contributed by atoms with Crippen molar-refractivity contribution in [1.82, 2.24) is 4.90 Å². The summed E-state index contributed by atoms with van der Waals surface area (Å²) in [6.45, 7) is 2.55. The molecular formula is C22H25FN4O4S. The van der Waals surface area contributed by atoms with Gasteiger partial charge in [-0.15, -0.1) is 0 Å². The third-order valence-electron chi connectivity index (χ3n) is 5.53. The molecule has 2 aromatic carbocycles. The lowest BCUT2D eigenvalue weighted by molar-refractivity contribution is 0.0712. The number of piperidine rings is 1. The van der Waals surface area contributed by atoms with Crippen molar-refractivity contribution in [2.75, 3.05) is 19.3 Å². The Morgan fingerprint density at radius 1 is 1.09 bits per heavy atom. The van der Waals surface area contributed by atoms with Crippen molar-refractivity contribution >= 4 is 27.6 Å². The molecule has 1 aliphatic rings. The molecule has 0 aromatic heterocycles. The Labute approximate surface area is 186 Å². The van der Waals surface area contributed by atoms with Gasteiger partial charge in [-0.2, -0.15) is 4.99 Å². The molecule has 8 nitrogen and oxygen atoms in total. The van der Waals surface area contributed by atoms with E-state index in [9.17, 15) is 22.4 Å². The van der Waals surface area contributed by atoms with Crippen LogP contribution < -0.4 is 11.5 Å². The number of hydrogen-bond donors (Lipinski definition) is 2. The van der Waals surface area contributed by atoms with Gasteiger partial charge >= 0.3 is 0 Å². The quantitative estimate of drug-likeness (QED) is 0.529. The zero-order valence-corrected chi connectivity index (χ0v) is 18.7. The highest BCUT2D eigenvalue weighted by molar-refractivity contribution is 7.90. The molecule has 2 aromatic rings. The molecule has 1 saturated heterocycles. The van der Waals surface area contributed by atoms with Gasteiger partial charge in [0.1, 0.15) is 5.82 Å². The zero-order chi connectivity index (χ0) is 23.6. The number of hydrogen-bond acceptors (Lipinski definition) is 4. The van der Waals surface area contributed by atoms with Gasteiger partial charge in [-0.3, -0.25) is 9.59 Å². The minimum Gasteiger partial charge on any atom is -0.370 e. The van der Waals surface area contributed by atoms with E-state index in [0.29, 0.717) is 42.6 Å². The van der Waals surface area contributed by atoms with E-state index in [1.54, 1.807) is 17.9 Å². The molecule has 1 aliphatic heterocycles. The van der Waals surface area contributed by atoms with Gasteiger partial charge in [0.2, 0.25) is 0 Å². The van der Waals surface area contributed by atoms with Gasteiger partial charge < -0.3 is 16.4 Å². The fourth-order valence-corrected chi connectivity index (χ4v) is 4.91. The molecule has 0 unspecified atom stereocenters. The predicted octanol–water partition coefficient (Wildman–Crippen LogP) is 1.97. The van der Waals surface area contributed by atoms with Crippen LogP contribution in [0.25, 0.3) is 0 Å². The molecular weight excluding hydrogens is 435 g/mol. The van der Waals surface area contributed by atoms with E-state index in [0.717, 1.165) is 6.26 Å². The van der Waals surface area contributed by atoms with Gasteiger partial charge in [-0.25, -0.2) is 12.8 Å². The first-order chi connectivity index (χ1) is 15.0. The first-order valence-corrected chi connectivity index (χ1v) is 11.9. The van der Waals surface area contributed by atoms with Crippen molar-refractivity contribution in [1.29, 1.82) is 0 Å². The number of nitrogens with zero attached hydrogens (tertiary/aromatic N) is 2. The summed E-state index contributed by atoms with van der Waals surface area (Å²) in [4.78, 5) is 30.2. The number of sulfone groups is 1. The second-order valence-corrected chi connectivity index (χ2v) is 9.88. The van der Waals surface area contributed by atoms with Gasteiger partial charge in [0, 0.05) is 30.5 Å². The maximum absolute atomic E-state index is 13.1. The lowest BCUT2D eigenvalue weighted by Crippen LogP contribution is -2.38. The SMILES string of the molecule is Cc1cc(C2CCN(C(=O)c3ccc(F)cc3)CC2)c(S(C)(=O)=O)cc1C(=O)N=C(N)N. The van der Waals surface area contributed by atoms with Crippen LogP contribution in [0.2, 0.25) is 0 Å². The van der Waals surface area contributed by atoms with Crippen molar-refractivity contribution < 1.29 is 22.4 Å². The van der Waals surface area contributed by atoms with Gasteiger partial charge in [0.25, 0.3) is 11.8 Å². The van der Waals surface area contributed by atoms with Crippen LogP contribution in [0.3, 0.4) is 0 Å². The van der Waals surface area contributed by atoms with E-state index in [-0.39, 0.29) is 22.3 Å². The van der Waals surface area contributed by atoms with Crippen LogP contribution in [0.5, 0.6) is 0 Å². The lowest BCUT2D eigenvalue weighted by atomic mass is 9.87. The summed E-state index contributed by atoms with van der Waals surface area (Å²) in [5.41, 5.74) is 12.2. The van der Waals surface area contributed by atoms with E-state index in [4.69, 9.17) is 11.5 Å². The summed E-state index contributed by atoms with van der Waals surface area (Å²) >= 11 is 0. The van der Waals surface area contributed by atoms with Gasteiger partial charge in [-0.05, 0) is 67.1 Å². The molecule has 170 valence electrons. The summed E-state index contributed by atoms with van der Waals surface area (Å²) in [6.07, 6.45) is 2.19. The average Bonchev–Trinajstić information content (AvgIpc) is 2.72. The van der Waals surface area contributed by atoms with Crippen molar-refractivity contribution in [2.45, 2.75) is 30.6 Å². The number of nitrogens with two attached hydrogens (primary N) is 2. The van der Waals surface area contributed by atoms with Crippen molar-refractivity contribution in [3.05, 3.63) is 64.5 Å². The van der Waals surface area contributed by atoms with E-state index in [2.05, 4.69) is 4.99 Å². The number of rotatable bonds is 4. The van der Waals surface area contributed by atoms with Crippen LogP contribution in [0.1, 0.15) is 50.6 Å². The molecule has 0 aliphatic carbocycles. The first-order valence-electron chi connectivity index (χ1n) is 10.0. The molecule has 0 atom stereocenters. The highest BCUT2D eigenvalue weighted by atomic mass is 32.2. The lowest BCUT2D eigenvalue weighted by Gasteiger charge is -2.33. The fourth-order valence-electron chi connectivity index (χ4n) is 3.93. The molecule has 2 amide bonds. The molecule has 32 heavy (non-hydrogen) atoms. The maximum Gasteiger partial charge on any atom is 0.280 e. The van der Waals surface area contributed by atoms with Gasteiger partial charge in [0.15, 0.2) is 15.8 Å². The van der Waals surface area contributed by atoms with E-state index in [1.807, 2.05) is 0 Å². The predicted molar refractivity (Wildman–Crippen MR) is 119 cm³/mol. The summed E-state index contributed by atoms with van der Waals surface area (Å²) in [5.74, 6) is -1.83. The minimum atomic E-state index is -3.64. The highest BCUT2D eigenvalue weighted by Crippen LogP contribution is 2.35. The second kappa shape index (κ2) is 9.07. The summed E-state index contributed by atoms with van der Waals surface area (Å²) in [5, 5.41) is 0. The van der Waals surface area contributed by atoms with Crippen LogP contribution in [-0.4, -0.2) is 50.4 Å². The molecule has 0 spiro atoms. The highest BCUT2D eigenvalue weighted by Gasteiger charge is 2.29. The largest absolute Gasteiger partial charge is 0.370 e. The number of carbonyl (C=O) groups is 2. The minimum absolute atomic E-state index is 0.0561. The second-order valence-electron chi connectivity index (χ2n) is 7.89. The summed E-state index contributed by atoms with van der Waals surface area (Å²) in [6, 6.07) is 8.39. The van der Waals surface area contributed by atoms with Crippen molar-refractivity contribution in [2.24, 2.45) is 16.5 Å². The van der Waals surface area contributed by atoms with Crippen LogP contribution in [0.4, 0.5) is 4.39 Å². The number of halogens is 1. The monoisotopic (exact) mass is 460 g/mol. The number of amides is 2. The zero-order valence-electron chi connectivity index (χ0n) is 17.8. The molecule has 0 saturated carbocycles. The topological polar surface area (TPSA) is 136 Å². The molecule has 1 heterocycles. The maximum atomic E-state index is 13.1. The Morgan fingerprint density at radius 3 is 2.22 bits per heavy atom.